The van der Waals surface area contributed by atoms with Crippen molar-refractivity contribution >= 4 is 35.5 Å². The molecule has 1 aliphatic carbocycles. The summed E-state index contributed by atoms with van der Waals surface area (Å²) in [6.07, 6.45) is -6.37. The van der Waals surface area contributed by atoms with E-state index in [0.29, 0.717) is 26.6 Å². The summed E-state index contributed by atoms with van der Waals surface area (Å²) in [5.41, 5.74) is -0.383. The van der Waals surface area contributed by atoms with Gasteiger partial charge in [0.2, 0.25) is 17.4 Å². The van der Waals surface area contributed by atoms with Crippen molar-refractivity contribution in [2.75, 3.05) is 11.9 Å². The first-order chi connectivity index (χ1) is 19.2. The number of carbonyl (C=O) groups excluding carboxylic acids is 4. The first-order valence-corrected chi connectivity index (χ1v) is 12.5. The molecule has 218 valence electrons. The number of ether oxygens (including phenoxy) is 1. The Morgan fingerprint density at radius 1 is 1.12 bits per heavy atom. The molecule has 1 spiro atoms. The molecule has 2 aromatic carbocycles. The highest BCUT2D eigenvalue weighted by molar-refractivity contribution is 6.06. The summed E-state index contributed by atoms with van der Waals surface area (Å²) in [6.45, 7) is -0.793. The third-order valence-electron chi connectivity index (χ3n) is 7.03. The lowest BCUT2D eigenvalue weighted by Crippen LogP contribution is -2.51. The molecule has 41 heavy (non-hydrogen) atoms. The lowest BCUT2D eigenvalue weighted by Gasteiger charge is -2.31. The number of nitrogens with zero attached hydrogens (tertiary/aromatic N) is 2. The van der Waals surface area contributed by atoms with Crippen LogP contribution in [0.4, 0.5) is 28.0 Å². The summed E-state index contributed by atoms with van der Waals surface area (Å²) in [6, 6.07) is 6.68. The number of amides is 4. The Balaban J connectivity index is 1.52. The minimum absolute atomic E-state index is 0.00621. The zero-order chi connectivity index (χ0) is 30.1. The molecule has 2 atom stereocenters. The number of fused-ring (bicyclic) bond motifs is 2. The van der Waals surface area contributed by atoms with Crippen LogP contribution in [-0.2, 0) is 42.5 Å². The standard InChI is InChI=1S/C27H25F4N3O7/c1-15(27(29,30)31)33(13-16-2-4-18(28)5-3-16)22(36)14-34-24(39)26(41-25(34)40)11-10-17-12-19(6-7-20(17)26)32-21(35)8-9-23(37)38/h2-7,12,15H,8-11,13-14H2,1H3,(H,32,35)(H,37,38)/t15-,26+/m0/s1. The van der Waals surface area contributed by atoms with Crippen molar-refractivity contribution in [1.82, 2.24) is 9.80 Å². The van der Waals surface area contributed by atoms with Crippen molar-refractivity contribution in [1.29, 1.82) is 0 Å². The van der Waals surface area contributed by atoms with Gasteiger partial charge in [0.25, 0.3) is 5.91 Å². The fourth-order valence-corrected chi connectivity index (χ4v) is 4.81. The topological polar surface area (TPSA) is 133 Å². The summed E-state index contributed by atoms with van der Waals surface area (Å²) in [5.74, 6) is -4.36. The van der Waals surface area contributed by atoms with Crippen molar-refractivity contribution in [3.8, 4) is 0 Å². The highest BCUT2D eigenvalue weighted by Crippen LogP contribution is 2.46. The number of hydrogen-bond acceptors (Lipinski definition) is 6. The van der Waals surface area contributed by atoms with E-state index in [4.69, 9.17) is 9.84 Å². The molecule has 4 rings (SSSR count). The van der Waals surface area contributed by atoms with E-state index in [-0.39, 0.29) is 31.2 Å². The Morgan fingerprint density at radius 2 is 1.80 bits per heavy atom. The SMILES string of the molecule is C[C@H](N(Cc1ccc(F)cc1)C(=O)CN1C(=O)O[C@@]2(CCc3cc(NC(=O)CCC(=O)O)ccc32)C1=O)C(F)(F)F. The van der Waals surface area contributed by atoms with Crippen molar-refractivity contribution in [3.63, 3.8) is 0 Å². The average Bonchev–Trinajstić information content (AvgIpc) is 3.38. The van der Waals surface area contributed by atoms with Crippen LogP contribution in [0.25, 0.3) is 0 Å². The zero-order valence-electron chi connectivity index (χ0n) is 21.7. The normalized spacial score (nSPS) is 18.7. The summed E-state index contributed by atoms with van der Waals surface area (Å²) >= 11 is 0. The number of aryl methyl sites for hydroxylation is 1. The number of benzene rings is 2. The van der Waals surface area contributed by atoms with E-state index in [1.54, 1.807) is 6.07 Å². The number of nitrogens with one attached hydrogen (secondary N) is 1. The number of imide groups is 1. The third-order valence-corrected chi connectivity index (χ3v) is 7.03. The molecule has 10 nitrogen and oxygen atoms in total. The fourth-order valence-electron chi connectivity index (χ4n) is 4.81. The molecule has 0 aromatic heterocycles. The predicted molar refractivity (Wildman–Crippen MR) is 133 cm³/mol. The van der Waals surface area contributed by atoms with Crippen molar-refractivity contribution in [2.24, 2.45) is 0 Å². The Bertz CT molecular complexity index is 1400. The maximum atomic E-state index is 13.6. The Hall–Kier alpha value is -4.49. The number of anilines is 1. The van der Waals surface area contributed by atoms with Gasteiger partial charge < -0.3 is 20.1 Å². The minimum Gasteiger partial charge on any atom is -0.481 e. The quantitative estimate of drug-likeness (QED) is 0.433. The van der Waals surface area contributed by atoms with Crippen LogP contribution in [0.3, 0.4) is 0 Å². The summed E-state index contributed by atoms with van der Waals surface area (Å²) in [7, 11) is 0. The van der Waals surface area contributed by atoms with E-state index in [1.807, 2.05) is 0 Å². The smallest absolute Gasteiger partial charge is 0.418 e. The highest BCUT2D eigenvalue weighted by atomic mass is 19.4. The predicted octanol–water partition coefficient (Wildman–Crippen LogP) is 3.73. The second-order valence-electron chi connectivity index (χ2n) is 9.77. The van der Waals surface area contributed by atoms with Gasteiger partial charge in [0.1, 0.15) is 18.4 Å². The summed E-state index contributed by atoms with van der Waals surface area (Å²) in [4.78, 5) is 62.9. The maximum absolute atomic E-state index is 13.6. The number of rotatable bonds is 9. The van der Waals surface area contributed by atoms with E-state index in [2.05, 4.69) is 5.32 Å². The van der Waals surface area contributed by atoms with Gasteiger partial charge in [-0.05, 0) is 48.7 Å². The monoisotopic (exact) mass is 579 g/mol. The van der Waals surface area contributed by atoms with Crippen molar-refractivity contribution in [3.05, 3.63) is 65.0 Å². The van der Waals surface area contributed by atoms with Gasteiger partial charge in [-0.15, -0.1) is 0 Å². The number of halogens is 4. The third kappa shape index (κ3) is 6.15. The van der Waals surface area contributed by atoms with E-state index in [1.165, 1.54) is 24.3 Å². The van der Waals surface area contributed by atoms with Crippen LogP contribution in [0.1, 0.15) is 42.9 Å². The lowest BCUT2D eigenvalue weighted by molar-refractivity contribution is -0.187. The van der Waals surface area contributed by atoms with Crippen LogP contribution in [0, 0.1) is 5.82 Å². The van der Waals surface area contributed by atoms with E-state index in [9.17, 15) is 41.5 Å². The van der Waals surface area contributed by atoms with Crippen LogP contribution < -0.4 is 5.32 Å². The summed E-state index contributed by atoms with van der Waals surface area (Å²) < 4.78 is 59.5. The van der Waals surface area contributed by atoms with Gasteiger partial charge in [-0.2, -0.15) is 13.2 Å². The summed E-state index contributed by atoms with van der Waals surface area (Å²) in [5, 5.41) is 11.3. The first-order valence-electron chi connectivity index (χ1n) is 12.5. The zero-order valence-corrected chi connectivity index (χ0v) is 21.7. The molecule has 1 heterocycles. The number of carboxylic acid groups (broad SMARTS) is 1. The van der Waals surface area contributed by atoms with Crippen LogP contribution >= 0.6 is 0 Å². The molecule has 2 aromatic rings. The van der Waals surface area contributed by atoms with Gasteiger partial charge in [-0.3, -0.25) is 19.2 Å². The molecular weight excluding hydrogens is 554 g/mol. The lowest BCUT2D eigenvalue weighted by atomic mass is 9.94. The van der Waals surface area contributed by atoms with Crippen LogP contribution in [-0.4, -0.2) is 63.5 Å². The molecule has 0 unspecified atom stereocenters. The highest BCUT2D eigenvalue weighted by Gasteiger charge is 2.58. The van der Waals surface area contributed by atoms with Crippen LogP contribution in [0.2, 0.25) is 0 Å². The molecule has 0 bridgehead atoms. The molecule has 1 fully saturated rings. The van der Waals surface area contributed by atoms with E-state index >= 15 is 0 Å². The van der Waals surface area contributed by atoms with Crippen molar-refractivity contribution in [2.45, 2.75) is 57.0 Å². The second kappa shape index (κ2) is 11.2. The molecule has 14 heteroatoms. The number of aliphatic carboxylic acids is 1. The van der Waals surface area contributed by atoms with Gasteiger partial charge in [-0.25, -0.2) is 14.1 Å². The number of hydrogen-bond donors (Lipinski definition) is 2. The first kappa shape index (κ1) is 29.5. The van der Waals surface area contributed by atoms with E-state index in [0.717, 1.165) is 19.1 Å². The molecule has 2 N–H and O–H groups in total. The molecule has 1 aliphatic heterocycles. The average molecular weight is 580 g/mol. The Kier molecular flexibility index (Phi) is 8.04. The largest absolute Gasteiger partial charge is 0.481 e. The van der Waals surface area contributed by atoms with Gasteiger partial charge in [0.05, 0.1) is 6.42 Å². The minimum atomic E-state index is -4.82. The van der Waals surface area contributed by atoms with Crippen molar-refractivity contribution < 1.29 is 51.4 Å². The molecule has 1 saturated heterocycles. The number of carboxylic acids is 1. The van der Waals surface area contributed by atoms with Crippen LogP contribution in [0.15, 0.2) is 42.5 Å². The fraction of sp³-hybridized carbons (Fsp3) is 0.370. The number of carbonyl (C=O) groups is 5. The van der Waals surface area contributed by atoms with Crippen LogP contribution in [0.5, 0.6) is 0 Å². The van der Waals surface area contributed by atoms with Gasteiger partial charge >= 0.3 is 18.2 Å². The maximum Gasteiger partial charge on any atom is 0.418 e. The molecule has 0 radical (unpaired) electrons. The molecule has 2 aliphatic rings. The van der Waals surface area contributed by atoms with Gasteiger partial charge in [0.15, 0.2) is 0 Å². The molecule has 4 amide bonds. The Labute approximate surface area is 230 Å². The van der Waals surface area contributed by atoms with Gasteiger partial charge in [0, 0.05) is 30.6 Å². The van der Waals surface area contributed by atoms with E-state index < -0.39 is 66.5 Å². The molecule has 0 saturated carbocycles. The second-order valence-corrected chi connectivity index (χ2v) is 9.77. The molecular formula is C27H25F4N3O7. The van der Waals surface area contributed by atoms with Gasteiger partial charge in [-0.1, -0.05) is 18.2 Å². The number of alkyl halides is 3. The Morgan fingerprint density at radius 3 is 2.44 bits per heavy atom.